The van der Waals surface area contributed by atoms with Crippen molar-refractivity contribution in [1.29, 1.82) is 0 Å². The van der Waals surface area contributed by atoms with Crippen molar-refractivity contribution in [3.63, 3.8) is 0 Å². The van der Waals surface area contributed by atoms with Gasteiger partial charge < -0.3 is 9.80 Å². The van der Waals surface area contributed by atoms with Crippen LogP contribution >= 0.6 is 0 Å². The van der Waals surface area contributed by atoms with Crippen molar-refractivity contribution in [2.45, 2.75) is 6.92 Å². The Hall–Kier alpha value is -1.16. The Morgan fingerprint density at radius 3 is 2.36 bits per heavy atom. The number of anilines is 1. The highest BCUT2D eigenvalue weighted by Gasteiger charge is 2.14. The van der Waals surface area contributed by atoms with Crippen LogP contribution < -0.4 is 4.90 Å². The van der Waals surface area contributed by atoms with Crippen LogP contribution in [0.4, 0.5) is 5.82 Å². The Morgan fingerprint density at radius 1 is 1.07 bits per heavy atom. The minimum Gasteiger partial charge on any atom is -0.353 e. The van der Waals surface area contributed by atoms with Gasteiger partial charge in [-0.15, -0.1) is 5.10 Å². The normalized spacial score (nSPS) is 18.6. The molecule has 76 valence electrons. The van der Waals surface area contributed by atoms with E-state index in [0.717, 1.165) is 37.7 Å². The van der Waals surface area contributed by atoms with Gasteiger partial charge in [0.15, 0.2) is 5.82 Å². The second-order valence-corrected chi connectivity index (χ2v) is 3.82. The molecule has 4 heteroatoms. The summed E-state index contributed by atoms with van der Waals surface area (Å²) in [4.78, 5) is 4.62. The molecule has 2 rings (SSSR count). The molecule has 4 nitrogen and oxygen atoms in total. The summed E-state index contributed by atoms with van der Waals surface area (Å²) in [6.07, 6.45) is 0. The Morgan fingerprint density at radius 2 is 1.79 bits per heavy atom. The van der Waals surface area contributed by atoms with Crippen LogP contribution in [0.5, 0.6) is 0 Å². The summed E-state index contributed by atoms with van der Waals surface area (Å²) in [5.41, 5.74) is 0.975. The van der Waals surface area contributed by atoms with Crippen molar-refractivity contribution in [3.05, 3.63) is 17.8 Å². The summed E-state index contributed by atoms with van der Waals surface area (Å²) >= 11 is 0. The summed E-state index contributed by atoms with van der Waals surface area (Å²) in [5, 5.41) is 8.25. The van der Waals surface area contributed by atoms with E-state index < -0.39 is 0 Å². The number of aromatic nitrogens is 2. The van der Waals surface area contributed by atoms with Gasteiger partial charge in [-0.25, -0.2) is 0 Å². The molecule has 0 aromatic carbocycles. The lowest BCUT2D eigenvalue weighted by molar-refractivity contribution is 0.311. The van der Waals surface area contributed by atoms with E-state index in [-0.39, 0.29) is 0 Å². The third-order valence-electron chi connectivity index (χ3n) is 2.61. The number of likely N-dealkylation sites (N-methyl/N-ethyl adjacent to an activating group) is 1. The van der Waals surface area contributed by atoms with E-state index in [1.165, 1.54) is 0 Å². The summed E-state index contributed by atoms with van der Waals surface area (Å²) in [5.74, 6) is 1.00. The maximum absolute atomic E-state index is 4.18. The van der Waals surface area contributed by atoms with Gasteiger partial charge in [0.05, 0.1) is 5.69 Å². The van der Waals surface area contributed by atoms with Crippen LogP contribution in [-0.2, 0) is 0 Å². The van der Waals surface area contributed by atoms with Crippen LogP contribution in [0, 0.1) is 6.92 Å². The van der Waals surface area contributed by atoms with Crippen LogP contribution in [0.25, 0.3) is 0 Å². The van der Waals surface area contributed by atoms with Crippen molar-refractivity contribution in [2.24, 2.45) is 0 Å². The van der Waals surface area contributed by atoms with Gasteiger partial charge in [0.1, 0.15) is 0 Å². The number of nitrogens with zero attached hydrogens (tertiary/aromatic N) is 4. The number of rotatable bonds is 1. The fourth-order valence-electron chi connectivity index (χ4n) is 1.60. The van der Waals surface area contributed by atoms with E-state index in [9.17, 15) is 0 Å². The lowest BCUT2D eigenvalue weighted by Crippen LogP contribution is -2.44. The van der Waals surface area contributed by atoms with Crippen LogP contribution in [-0.4, -0.2) is 48.3 Å². The maximum atomic E-state index is 4.18. The molecule has 0 aliphatic carbocycles. The van der Waals surface area contributed by atoms with Gasteiger partial charge in [-0.05, 0) is 26.1 Å². The first-order chi connectivity index (χ1) is 6.75. The zero-order chi connectivity index (χ0) is 9.97. The predicted octanol–water partition coefficient (Wildman–Crippen LogP) is 0.537. The molecular weight excluding hydrogens is 176 g/mol. The molecule has 1 aliphatic heterocycles. The molecule has 1 fully saturated rings. The fourth-order valence-corrected chi connectivity index (χ4v) is 1.60. The molecule has 14 heavy (non-hydrogen) atoms. The van der Waals surface area contributed by atoms with E-state index in [4.69, 9.17) is 0 Å². The molecule has 1 saturated heterocycles. The minimum atomic E-state index is 0.975. The van der Waals surface area contributed by atoms with Crippen LogP contribution in [0.2, 0.25) is 0 Å². The summed E-state index contributed by atoms with van der Waals surface area (Å²) in [6, 6.07) is 4.06. The van der Waals surface area contributed by atoms with E-state index in [2.05, 4.69) is 27.0 Å². The van der Waals surface area contributed by atoms with Gasteiger partial charge >= 0.3 is 0 Å². The van der Waals surface area contributed by atoms with Gasteiger partial charge in [-0.3, -0.25) is 0 Å². The Bertz CT molecular complexity index is 287. The van der Waals surface area contributed by atoms with Gasteiger partial charge in [0.2, 0.25) is 0 Å². The van der Waals surface area contributed by atoms with E-state index in [0.29, 0.717) is 0 Å². The van der Waals surface area contributed by atoms with Gasteiger partial charge in [-0.1, -0.05) is 0 Å². The Labute approximate surface area is 84.5 Å². The highest BCUT2D eigenvalue weighted by atomic mass is 15.3. The first-order valence-electron chi connectivity index (χ1n) is 4.99. The third-order valence-corrected chi connectivity index (χ3v) is 2.61. The number of aryl methyl sites for hydroxylation is 1. The average Bonchev–Trinajstić information content (AvgIpc) is 2.21. The highest BCUT2D eigenvalue weighted by Crippen LogP contribution is 2.11. The summed E-state index contributed by atoms with van der Waals surface area (Å²) in [6.45, 7) is 6.27. The molecule has 0 saturated carbocycles. The molecule has 0 radical (unpaired) electrons. The zero-order valence-electron chi connectivity index (χ0n) is 8.77. The van der Waals surface area contributed by atoms with E-state index in [1.807, 2.05) is 19.1 Å². The fraction of sp³-hybridized carbons (Fsp3) is 0.600. The first kappa shape index (κ1) is 9.40. The molecule has 1 aliphatic rings. The van der Waals surface area contributed by atoms with Crippen molar-refractivity contribution in [3.8, 4) is 0 Å². The number of piperazine rings is 1. The molecular formula is C10H16N4. The van der Waals surface area contributed by atoms with Crippen molar-refractivity contribution in [1.82, 2.24) is 15.1 Å². The molecule has 0 amide bonds. The molecule has 1 aromatic rings. The number of hydrogen-bond acceptors (Lipinski definition) is 4. The van der Waals surface area contributed by atoms with Crippen molar-refractivity contribution < 1.29 is 0 Å². The quantitative estimate of drug-likeness (QED) is 0.650. The van der Waals surface area contributed by atoms with Gasteiger partial charge in [0, 0.05) is 26.2 Å². The average molecular weight is 192 g/mol. The van der Waals surface area contributed by atoms with Crippen molar-refractivity contribution in [2.75, 3.05) is 38.1 Å². The van der Waals surface area contributed by atoms with Crippen LogP contribution in [0.1, 0.15) is 5.69 Å². The maximum Gasteiger partial charge on any atom is 0.151 e. The van der Waals surface area contributed by atoms with Crippen LogP contribution in [0.15, 0.2) is 12.1 Å². The van der Waals surface area contributed by atoms with Gasteiger partial charge in [0.25, 0.3) is 0 Å². The Kier molecular flexibility index (Phi) is 2.63. The van der Waals surface area contributed by atoms with Gasteiger partial charge in [-0.2, -0.15) is 5.10 Å². The van der Waals surface area contributed by atoms with E-state index >= 15 is 0 Å². The topological polar surface area (TPSA) is 32.3 Å². The predicted molar refractivity (Wildman–Crippen MR) is 56.5 cm³/mol. The monoisotopic (exact) mass is 192 g/mol. The second kappa shape index (κ2) is 3.92. The first-order valence-corrected chi connectivity index (χ1v) is 4.99. The second-order valence-electron chi connectivity index (χ2n) is 3.82. The Balaban J connectivity index is 2.05. The minimum absolute atomic E-state index is 0.975. The third kappa shape index (κ3) is 2.01. The largest absolute Gasteiger partial charge is 0.353 e. The molecule has 0 unspecified atom stereocenters. The molecule has 1 aromatic heterocycles. The number of hydrogen-bond donors (Lipinski definition) is 0. The smallest absolute Gasteiger partial charge is 0.151 e. The lowest BCUT2D eigenvalue weighted by Gasteiger charge is -2.32. The van der Waals surface area contributed by atoms with Crippen LogP contribution in [0.3, 0.4) is 0 Å². The standard InChI is InChI=1S/C10H16N4/c1-9-3-4-10(12-11-9)14-7-5-13(2)6-8-14/h3-4H,5-8H2,1-2H3. The molecule has 0 atom stereocenters. The SMILES string of the molecule is Cc1ccc(N2CCN(C)CC2)nn1. The summed E-state index contributed by atoms with van der Waals surface area (Å²) in [7, 11) is 2.15. The van der Waals surface area contributed by atoms with E-state index in [1.54, 1.807) is 0 Å². The molecule has 0 bridgehead atoms. The molecule has 0 N–H and O–H groups in total. The highest BCUT2D eigenvalue weighted by molar-refractivity contribution is 5.37. The molecule has 0 spiro atoms. The zero-order valence-corrected chi connectivity index (χ0v) is 8.77. The lowest BCUT2D eigenvalue weighted by atomic mass is 10.3. The summed E-state index contributed by atoms with van der Waals surface area (Å²) < 4.78 is 0. The molecule has 2 heterocycles. The van der Waals surface area contributed by atoms with Crippen molar-refractivity contribution >= 4 is 5.82 Å².